The number of nitrogens with zero attached hydrogens (tertiary/aromatic N) is 1. The SMILES string of the molecule is COc1ccc(/C=C/CN)c2ccn(C)c12. The zero-order valence-electron chi connectivity index (χ0n) is 9.60. The maximum absolute atomic E-state index is 5.47. The average Bonchev–Trinajstić information content (AvgIpc) is 2.69. The van der Waals surface area contributed by atoms with Crippen LogP contribution in [0.4, 0.5) is 0 Å². The molecule has 0 aliphatic rings. The minimum atomic E-state index is 0.556. The van der Waals surface area contributed by atoms with Crippen LogP contribution in [-0.4, -0.2) is 18.2 Å². The van der Waals surface area contributed by atoms with E-state index >= 15 is 0 Å². The molecule has 0 atom stereocenters. The molecule has 0 saturated carbocycles. The first-order chi connectivity index (χ1) is 7.77. The summed E-state index contributed by atoms with van der Waals surface area (Å²) in [5, 5.41) is 1.19. The van der Waals surface area contributed by atoms with Crippen molar-refractivity contribution in [2.24, 2.45) is 12.8 Å². The van der Waals surface area contributed by atoms with Crippen molar-refractivity contribution in [1.29, 1.82) is 0 Å². The molecule has 0 aliphatic heterocycles. The molecule has 3 nitrogen and oxygen atoms in total. The quantitative estimate of drug-likeness (QED) is 0.854. The number of hydrogen-bond acceptors (Lipinski definition) is 2. The Labute approximate surface area is 95.1 Å². The van der Waals surface area contributed by atoms with E-state index in [0.717, 1.165) is 11.3 Å². The van der Waals surface area contributed by atoms with E-state index in [-0.39, 0.29) is 0 Å². The molecule has 84 valence electrons. The number of aromatic nitrogens is 1. The molecule has 2 rings (SSSR count). The third-order valence-electron chi connectivity index (χ3n) is 2.68. The van der Waals surface area contributed by atoms with Gasteiger partial charge < -0.3 is 15.0 Å². The lowest BCUT2D eigenvalue weighted by Crippen LogP contribution is -1.93. The fourth-order valence-corrected chi connectivity index (χ4v) is 1.91. The second kappa shape index (κ2) is 4.41. The van der Waals surface area contributed by atoms with Crippen LogP contribution < -0.4 is 10.5 Å². The van der Waals surface area contributed by atoms with E-state index < -0.39 is 0 Å². The van der Waals surface area contributed by atoms with Gasteiger partial charge in [-0.25, -0.2) is 0 Å². The van der Waals surface area contributed by atoms with E-state index in [0.29, 0.717) is 6.54 Å². The lowest BCUT2D eigenvalue weighted by molar-refractivity contribution is 0.418. The van der Waals surface area contributed by atoms with Crippen LogP contribution >= 0.6 is 0 Å². The zero-order chi connectivity index (χ0) is 11.5. The highest BCUT2D eigenvalue weighted by Crippen LogP contribution is 2.29. The molecule has 0 amide bonds. The molecule has 2 N–H and O–H groups in total. The molecule has 0 fully saturated rings. The Kier molecular flexibility index (Phi) is 2.97. The Balaban J connectivity index is 2.66. The van der Waals surface area contributed by atoms with Gasteiger partial charge in [0.25, 0.3) is 0 Å². The zero-order valence-corrected chi connectivity index (χ0v) is 9.60. The summed E-state index contributed by atoms with van der Waals surface area (Å²) in [7, 11) is 3.71. The van der Waals surface area contributed by atoms with Crippen molar-refractivity contribution in [3.63, 3.8) is 0 Å². The molecule has 1 aromatic heterocycles. The number of rotatable bonds is 3. The number of benzene rings is 1. The lowest BCUT2D eigenvalue weighted by Gasteiger charge is -2.06. The third kappa shape index (κ3) is 1.70. The van der Waals surface area contributed by atoms with Crippen LogP contribution in [0, 0.1) is 0 Å². The van der Waals surface area contributed by atoms with Crippen molar-refractivity contribution in [3.8, 4) is 5.75 Å². The Morgan fingerprint density at radius 3 is 2.88 bits per heavy atom. The van der Waals surface area contributed by atoms with Crippen LogP contribution in [0.25, 0.3) is 17.0 Å². The predicted octanol–water partition coefficient (Wildman–Crippen LogP) is 2.16. The van der Waals surface area contributed by atoms with Crippen molar-refractivity contribution in [1.82, 2.24) is 4.57 Å². The number of methoxy groups -OCH3 is 1. The molecule has 1 heterocycles. The second-order valence-corrected chi connectivity index (χ2v) is 3.68. The van der Waals surface area contributed by atoms with Crippen LogP contribution in [0.2, 0.25) is 0 Å². The minimum absolute atomic E-state index is 0.556. The molecule has 0 aliphatic carbocycles. The molecule has 0 unspecified atom stereocenters. The van der Waals surface area contributed by atoms with Crippen molar-refractivity contribution in [2.45, 2.75) is 0 Å². The van der Waals surface area contributed by atoms with Gasteiger partial charge in [-0.3, -0.25) is 0 Å². The summed E-state index contributed by atoms with van der Waals surface area (Å²) in [4.78, 5) is 0. The average molecular weight is 216 g/mol. The number of ether oxygens (including phenoxy) is 1. The molecule has 0 bridgehead atoms. The first kappa shape index (κ1) is 10.8. The standard InChI is InChI=1S/C13H16N2O/c1-15-9-7-11-10(4-3-8-14)5-6-12(16-2)13(11)15/h3-7,9H,8,14H2,1-2H3/b4-3+. The fourth-order valence-electron chi connectivity index (χ4n) is 1.91. The van der Waals surface area contributed by atoms with Gasteiger partial charge in [-0.15, -0.1) is 0 Å². The van der Waals surface area contributed by atoms with Gasteiger partial charge in [0.2, 0.25) is 0 Å². The summed E-state index contributed by atoms with van der Waals surface area (Å²) in [6, 6.07) is 6.12. The summed E-state index contributed by atoms with van der Waals surface area (Å²) < 4.78 is 7.42. The van der Waals surface area contributed by atoms with Crippen molar-refractivity contribution in [2.75, 3.05) is 13.7 Å². The first-order valence-electron chi connectivity index (χ1n) is 5.26. The molecule has 1 aromatic carbocycles. The normalized spacial score (nSPS) is 11.4. The van der Waals surface area contributed by atoms with Gasteiger partial charge in [0.15, 0.2) is 0 Å². The maximum Gasteiger partial charge on any atom is 0.143 e. The highest BCUT2D eigenvalue weighted by Gasteiger charge is 2.07. The Bertz CT molecular complexity index is 526. The maximum atomic E-state index is 5.47. The van der Waals surface area contributed by atoms with Gasteiger partial charge in [0.05, 0.1) is 12.6 Å². The smallest absolute Gasteiger partial charge is 0.143 e. The van der Waals surface area contributed by atoms with Gasteiger partial charge in [-0.05, 0) is 17.7 Å². The number of nitrogens with two attached hydrogens (primary N) is 1. The lowest BCUT2D eigenvalue weighted by atomic mass is 10.1. The van der Waals surface area contributed by atoms with Crippen LogP contribution in [-0.2, 0) is 7.05 Å². The highest BCUT2D eigenvalue weighted by atomic mass is 16.5. The van der Waals surface area contributed by atoms with E-state index in [1.807, 2.05) is 37.5 Å². The van der Waals surface area contributed by atoms with E-state index in [2.05, 4.69) is 10.6 Å². The van der Waals surface area contributed by atoms with E-state index in [9.17, 15) is 0 Å². The predicted molar refractivity (Wildman–Crippen MR) is 67.6 cm³/mol. The molecule has 3 heteroatoms. The van der Waals surface area contributed by atoms with Gasteiger partial charge in [-0.2, -0.15) is 0 Å². The van der Waals surface area contributed by atoms with Crippen LogP contribution in [0.15, 0.2) is 30.5 Å². The number of hydrogen-bond donors (Lipinski definition) is 1. The van der Waals surface area contributed by atoms with Gasteiger partial charge in [-0.1, -0.05) is 18.2 Å². The molecule has 0 spiro atoms. The van der Waals surface area contributed by atoms with E-state index in [1.165, 1.54) is 10.9 Å². The summed E-state index contributed by atoms with van der Waals surface area (Å²) in [5.74, 6) is 0.896. The van der Waals surface area contributed by atoms with Crippen LogP contribution in [0.3, 0.4) is 0 Å². The van der Waals surface area contributed by atoms with Crippen molar-refractivity contribution < 1.29 is 4.74 Å². The van der Waals surface area contributed by atoms with Crippen LogP contribution in [0.1, 0.15) is 5.56 Å². The van der Waals surface area contributed by atoms with E-state index in [4.69, 9.17) is 10.5 Å². The van der Waals surface area contributed by atoms with Crippen molar-refractivity contribution in [3.05, 3.63) is 36.0 Å². The minimum Gasteiger partial charge on any atom is -0.495 e. The number of fused-ring (bicyclic) bond motifs is 1. The summed E-state index contributed by atoms with van der Waals surface area (Å²) in [6.45, 7) is 0.556. The molecule has 0 radical (unpaired) electrons. The first-order valence-corrected chi connectivity index (χ1v) is 5.26. The molecular weight excluding hydrogens is 200 g/mol. The second-order valence-electron chi connectivity index (χ2n) is 3.68. The summed E-state index contributed by atoms with van der Waals surface area (Å²) >= 11 is 0. The monoisotopic (exact) mass is 216 g/mol. The summed E-state index contributed by atoms with van der Waals surface area (Å²) in [6.07, 6.45) is 6.03. The molecule has 0 saturated heterocycles. The van der Waals surface area contributed by atoms with Gasteiger partial charge >= 0.3 is 0 Å². The fraction of sp³-hybridized carbons (Fsp3) is 0.231. The Morgan fingerprint density at radius 2 is 2.19 bits per heavy atom. The van der Waals surface area contributed by atoms with E-state index in [1.54, 1.807) is 7.11 Å². The third-order valence-corrected chi connectivity index (χ3v) is 2.68. The van der Waals surface area contributed by atoms with Gasteiger partial charge in [0.1, 0.15) is 5.75 Å². The largest absolute Gasteiger partial charge is 0.495 e. The molecular formula is C13H16N2O. The van der Waals surface area contributed by atoms with Crippen molar-refractivity contribution >= 4 is 17.0 Å². The van der Waals surface area contributed by atoms with Gasteiger partial charge in [0, 0.05) is 25.2 Å². The number of aryl methyl sites for hydroxylation is 1. The van der Waals surface area contributed by atoms with Crippen LogP contribution in [0.5, 0.6) is 5.75 Å². The Hall–Kier alpha value is -1.74. The Morgan fingerprint density at radius 1 is 1.38 bits per heavy atom. The topological polar surface area (TPSA) is 40.2 Å². The molecule has 16 heavy (non-hydrogen) atoms. The molecule has 2 aromatic rings. The summed E-state index contributed by atoms with van der Waals surface area (Å²) in [5.41, 5.74) is 7.75. The highest BCUT2D eigenvalue weighted by molar-refractivity contribution is 5.93.